The van der Waals surface area contributed by atoms with Crippen molar-refractivity contribution in [3.63, 3.8) is 0 Å². The number of nitrogens with zero attached hydrogens (tertiary/aromatic N) is 1. The predicted octanol–water partition coefficient (Wildman–Crippen LogP) is 3.50. The SMILES string of the molecule is Cc1cc(C)c(C)c(S(=O)(=O)N[C@@H](CN(C)C)c2ccccc2)c1C. The fourth-order valence-corrected chi connectivity index (χ4v) is 4.92. The molecule has 0 bridgehead atoms. The van der Waals surface area contributed by atoms with Crippen molar-refractivity contribution >= 4 is 10.0 Å². The number of nitrogens with one attached hydrogen (secondary N) is 1. The molecule has 0 aliphatic rings. The van der Waals surface area contributed by atoms with Gasteiger partial charge in [0.1, 0.15) is 0 Å². The summed E-state index contributed by atoms with van der Waals surface area (Å²) in [7, 11) is 0.248. The molecule has 0 aliphatic heterocycles. The lowest BCUT2D eigenvalue weighted by atomic mass is 10.0. The molecule has 0 saturated carbocycles. The third-order valence-corrected chi connectivity index (χ3v) is 6.36. The average molecular weight is 361 g/mol. The molecule has 2 aromatic rings. The first-order chi connectivity index (χ1) is 11.6. The lowest BCUT2D eigenvalue weighted by Gasteiger charge is -2.24. The monoisotopic (exact) mass is 360 g/mol. The molecule has 0 saturated heterocycles. The molecule has 0 aromatic heterocycles. The molecule has 1 N–H and O–H groups in total. The minimum atomic E-state index is -3.64. The van der Waals surface area contributed by atoms with Crippen molar-refractivity contribution in [3.8, 4) is 0 Å². The van der Waals surface area contributed by atoms with E-state index in [2.05, 4.69) is 4.72 Å². The van der Waals surface area contributed by atoms with E-state index in [0.29, 0.717) is 11.4 Å². The largest absolute Gasteiger partial charge is 0.307 e. The molecule has 136 valence electrons. The van der Waals surface area contributed by atoms with E-state index in [4.69, 9.17) is 0 Å². The van der Waals surface area contributed by atoms with Crippen LogP contribution in [0.25, 0.3) is 0 Å². The smallest absolute Gasteiger partial charge is 0.241 e. The highest BCUT2D eigenvalue weighted by molar-refractivity contribution is 7.89. The van der Waals surface area contributed by atoms with Crippen LogP contribution < -0.4 is 4.72 Å². The molecule has 4 nitrogen and oxygen atoms in total. The van der Waals surface area contributed by atoms with Gasteiger partial charge in [-0.1, -0.05) is 36.4 Å². The van der Waals surface area contributed by atoms with E-state index in [1.807, 2.05) is 83.1 Å². The van der Waals surface area contributed by atoms with Gasteiger partial charge in [-0.25, -0.2) is 13.1 Å². The van der Waals surface area contributed by atoms with E-state index < -0.39 is 10.0 Å². The van der Waals surface area contributed by atoms with Crippen LogP contribution >= 0.6 is 0 Å². The van der Waals surface area contributed by atoms with Crippen molar-refractivity contribution in [2.24, 2.45) is 0 Å². The fourth-order valence-electron chi connectivity index (χ4n) is 3.09. The van der Waals surface area contributed by atoms with Crippen molar-refractivity contribution in [3.05, 3.63) is 64.2 Å². The van der Waals surface area contributed by atoms with Crippen LogP contribution in [0.3, 0.4) is 0 Å². The fraction of sp³-hybridized carbons (Fsp3) is 0.400. The van der Waals surface area contributed by atoms with E-state index >= 15 is 0 Å². The maximum Gasteiger partial charge on any atom is 0.241 e. The second-order valence-corrected chi connectivity index (χ2v) is 8.59. The summed E-state index contributed by atoms with van der Waals surface area (Å²) in [6, 6.07) is 11.4. The van der Waals surface area contributed by atoms with Crippen molar-refractivity contribution in [2.75, 3.05) is 20.6 Å². The summed E-state index contributed by atoms with van der Waals surface area (Å²) in [6.45, 7) is 8.25. The van der Waals surface area contributed by atoms with E-state index in [9.17, 15) is 8.42 Å². The summed E-state index contributed by atoms with van der Waals surface area (Å²) in [5.41, 5.74) is 4.57. The Labute approximate surface area is 151 Å². The first-order valence-electron chi connectivity index (χ1n) is 8.43. The molecule has 2 aromatic carbocycles. The molecule has 0 radical (unpaired) electrons. The topological polar surface area (TPSA) is 49.4 Å². The lowest BCUT2D eigenvalue weighted by Crippen LogP contribution is -2.36. The summed E-state index contributed by atoms with van der Waals surface area (Å²) in [6.07, 6.45) is 0. The lowest BCUT2D eigenvalue weighted by molar-refractivity contribution is 0.363. The van der Waals surface area contributed by atoms with E-state index in [-0.39, 0.29) is 6.04 Å². The molecular weight excluding hydrogens is 332 g/mol. The third kappa shape index (κ3) is 4.48. The van der Waals surface area contributed by atoms with Crippen LogP contribution in [0, 0.1) is 27.7 Å². The number of rotatable bonds is 6. The molecule has 0 heterocycles. The van der Waals surface area contributed by atoms with E-state index in [1.54, 1.807) is 0 Å². The minimum Gasteiger partial charge on any atom is -0.307 e. The van der Waals surface area contributed by atoms with Gasteiger partial charge in [-0.15, -0.1) is 0 Å². The van der Waals surface area contributed by atoms with Gasteiger partial charge >= 0.3 is 0 Å². The number of aryl methyl sites for hydroxylation is 2. The summed E-state index contributed by atoms with van der Waals surface area (Å²) >= 11 is 0. The molecule has 0 aliphatic carbocycles. The average Bonchev–Trinajstić information content (AvgIpc) is 2.52. The van der Waals surface area contributed by atoms with E-state index in [1.165, 1.54) is 0 Å². The van der Waals surface area contributed by atoms with Gasteiger partial charge in [0, 0.05) is 6.54 Å². The number of hydrogen-bond acceptors (Lipinski definition) is 3. The maximum absolute atomic E-state index is 13.2. The second kappa shape index (κ2) is 7.68. The van der Waals surface area contributed by atoms with Crippen LogP contribution in [0.1, 0.15) is 33.9 Å². The Hall–Kier alpha value is -1.69. The van der Waals surface area contributed by atoms with Crippen LogP contribution in [0.5, 0.6) is 0 Å². The van der Waals surface area contributed by atoms with Crippen LogP contribution in [0.4, 0.5) is 0 Å². The van der Waals surface area contributed by atoms with Crippen molar-refractivity contribution in [1.29, 1.82) is 0 Å². The van der Waals surface area contributed by atoms with Gasteiger partial charge in [-0.3, -0.25) is 0 Å². The van der Waals surface area contributed by atoms with Crippen LogP contribution in [-0.2, 0) is 10.0 Å². The Morgan fingerprint density at radius 1 is 0.960 bits per heavy atom. The molecule has 2 rings (SSSR count). The summed E-state index contributed by atoms with van der Waals surface area (Å²) < 4.78 is 29.4. The molecule has 0 unspecified atom stereocenters. The normalized spacial score (nSPS) is 13.2. The molecule has 5 heteroatoms. The first-order valence-corrected chi connectivity index (χ1v) is 9.91. The Morgan fingerprint density at radius 2 is 1.48 bits per heavy atom. The zero-order valence-electron chi connectivity index (χ0n) is 15.9. The van der Waals surface area contributed by atoms with Crippen molar-refractivity contribution in [1.82, 2.24) is 9.62 Å². The second-order valence-electron chi connectivity index (χ2n) is 6.94. The van der Waals surface area contributed by atoms with Gasteiger partial charge in [0.15, 0.2) is 0 Å². The minimum absolute atomic E-state index is 0.305. The highest BCUT2D eigenvalue weighted by Crippen LogP contribution is 2.27. The van der Waals surface area contributed by atoms with Gasteiger partial charge in [0.2, 0.25) is 10.0 Å². The number of likely N-dealkylation sites (N-methyl/N-ethyl adjacent to an activating group) is 1. The van der Waals surface area contributed by atoms with Gasteiger partial charge in [-0.05, 0) is 69.6 Å². The molecule has 1 atom stereocenters. The van der Waals surface area contributed by atoms with Crippen LogP contribution in [0.2, 0.25) is 0 Å². The predicted molar refractivity (Wildman–Crippen MR) is 103 cm³/mol. The third-order valence-electron chi connectivity index (χ3n) is 4.61. The number of hydrogen-bond donors (Lipinski definition) is 1. The Kier molecular flexibility index (Phi) is 6.03. The molecule has 25 heavy (non-hydrogen) atoms. The van der Waals surface area contributed by atoms with Crippen molar-refractivity contribution < 1.29 is 8.42 Å². The van der Waals surface area contributed by atoms with Gasteiger partial charge in [0.25, 0.3) is 0 Å². The summed E-state index contributed by atoms with van der Waals surface area (Å²) in [4.78, 5) is 2.39. The van der Waals surface area contributed by atoms with Gasteiger partial charge in [0.05, 0.1) is 10.9 Å². The maximum atomic E-state index is 13.2. The highest BCUT2D eigenvalue weighted by atomic mass is 32.2. The standard InChI is InChI=1S/C20H28N2O2S/c1-14-12-15(2)17(4)20(16(14)3)25(23,24)21-19(13-22(5)6)18-10-8-7-9-11-18/h7-12,19,21H,13H2,1-6H3/t19-/m0/s1. The number of benzene rings is 2. The summed E-state index contributed by atoms with van der Waals surface area (Å²) in [5, 5.41) is 0. The zero-order chi connectivity index (χ0) is 18.8. The van der Waals surface area contributed by atoms with Crippen molar-refractivity contribution in [2.45, 2.75) is 38.6 Å². The Balaban J connectivity index is 2.49. The van der Waals surface area contributed by atoms with E-state index in [0.717, 1.165) is 27.8 Å². The quantitative estimate of drug-likeness (QED) is 0.858. The highest BCUT2D eigenvalue weighted by Gasteiger charge is 2.26. The molecule has 0 fully saturated rings. The number of sulfonamides is 1. The first kappa shape index (κ1) is 19.6. The molecular formula is C20H28N2O2S. The zero-order valence-corrected chi connectivity index (χ0v) is 16.7. The summed E-state index contributed by atoms with van der Waals surface area (Å²) in [5.74, 6) is 0. The van der Waals surface area contributed by atoms with Crippen LogP contribution in [-0.4, -0.2) is 34.0 Å². The van der Waals surface area contributed by atoms with Gasteiger partial charge in [-0.2, -0.15) is 0 Å². The Morgan fingerprint density at radius 3 is 1.96 bits per heavy atom. The van der Waals surface area contributed by atoms with Crippen LogP contribution in [0.15, 0.2) is 41.3 Å². The molecule has 0 amide bonds. The Bertz CT molecular complexity index is 817. The van der Waals surface area contributed by atoms with Gasteiger partial charge < -0.3 is 4.90 Å². The molecule has 0 spiro atoms.